The van der Waals surface area contributed by atoms with Gasteiger partial charge >= 0.3 is 5.97 Å². The third kappa shape index (κ3) is 7.19. The lowest BCUT2D eigenvalue weighted by molar-refractivity contribution is -0.145. The summed E-state index contributed by atoms with van der Waals surface area (Å²) in [6, 6.07) is 15.7. The van der Waals surface area contributed by atoms with Crippen LogP contribution in [0, 0.1) is 11.8 Å². The maximum Gasteiger partial charge on any atom is 0.309 e. The summed E-state index contributed by atoms with van der Waals surface area (Å²) in [5.41, 5.74) is 2.17. The second kappa shape index (κ2) is 12.4. The smallest absolute Gasteiger partial charge is 0.309 e. The van der Waals surface area contributed by atoms with E-state index >= 15 is 0 Å². The predicted molar refractivity (Wildman–Crippen MR) is 136 cm³/mol. The molecule has 0 bridgehead atoms. The molecule has 0 spiro atoms. The van der Waals surface area contributed by atoms with Crippen molar-refractivity contribution in [3.63, 3.8) is 0 Å². The fourth-order valence-corrected chi connectivity index (χ4v) is 4.92. The van der Waals surface area contributed by atoms with Crippen LogP contribution in [0.1, 0.15) is 37.0 Å². The van der Waals surface area contributed by atoms with Gasteiger partial charge in [0.05, 0.1) is 12.5 Å². The number of halogens is 2. The number of hydrogen-bond acceptors (Lipinski definition) is 5. The van der Waals surface area contributed by atoms with Gasteiger partial charge in [0, 0.05) is 55.9 Å². The third-order valence-corrected chi connectivity index (χ3v) is 7.22. The monoisotopic (exact) mass is 504 g/mol. The minimum absolute atomic E-state index is 0.0124. The molecule has 0 N–H and O–H groups in total. The lowest BCUT2D eigenvalue weighted by atomic mass is 10.0. The number of ether oxygens (including phenoxy) is 2. The topological polar surface area (TPSA) is 42.0 Å². The van der Waals surface area contributed by atoms with E-state index in [0.717, 1.165) is 73.3 Å². The molecule has 0 radical (unpaired) electrons. The molecular formula is C27H34Cl2N2O3. The Morgan fingerprint density at radius 3 is 2.06 bits per heavy atom. The predicted octanol–water partition coefficient (Wildman–Crippen LogP) is 5.31. The van der Waals surface area contributed by atoms with E-state index in [2.05, 4.69) is 9.80 Å². The molecule has 0 aromatic heterocycles. The summed E-state index contributed by atoms with van der Waals surface area (Å²) < 4.78 is 11.5. The van der Waals surface area contributed by atoms with Crippen LogP contribution in [-0.2, 0) is 14.3 Å². The first-order chi connectivity index (χ1) is 16.5. The van der Waals surface area contributed by atoms with Gasteiger partial charge < -0.3 is 19.3 Å². The fraction of sp³-hybridized carbons (Fsp3) is 0.519. The molecule has 0 amide bonds. The van der Waals surface area contributed by atoms with Crippen LogP contribution in [0.5, 0.6) is 0 Å². The zero-order valence-corrected chi connectivity index (χ0v) is 21.3. The highest BCUT2D eigenvalue weighted by Crippen LogP contribution is 2.40. The first-order valence-electron chi connectivity index (χ1n) is 12.3. The number of hydrogen-bond donors (Lipinski definition) is 0. The van der Waals surface area contributed by atoms with Gasteiger partial charge in [0.2, 0.25) is 0 Å². The van der Waals surface area contributed by atoms with Crippen molar-refractivity contribution in [1.82, 2.24) is 9.80 Å². The van der Waals surface area contributed by atoms with Crippen molar-refractivity contribution in [2.45, 2.75) is 25.9 Å². The van der Waals surface area contributed by atoms with Crippen LogP contribution in [0.4, 0.5) is 0 Å². The third-order valence-electron chi connectivity index (χ3n) is 6.72. The second-order valence-corrected chi connectivity index (χ2v) is 10.1. The van der Waals surface area contributed by atoms with Crippen LogP contribution in [0.2, 0.25) is 10.0 Å². The minimum Gasteiger partial charge on any atom is -0.466 e. The fourth-order valence-electron chi connectivity index (χ4n) is 4.66. The molecular weight excluding hydrogens is 471 g/mol. The van der Waals surface area contributed by atoms with Gasteiger partial charge in [0.15, 0.2) is 0 Å². The molecule has 34 heavy (non-hydrogen) atoms. The largest absolute Gasteiger partial charge is 0.466 e. The first kappa shape index (κ1) is 25.5. The number of piperazine rings is 1. The van der Waals surface area contributed by atoms with Crippen LogP contribution in [0.25, 0.3) is 0 Å². The first-order valence-corrected chi connectivity index (χ1v) is 13.0. The molecule has 1 aliphatic carbocycles. The van der Waals surface area contributed by atoms with E-state index in [-0.39, 0.29) is 18.0 Å². The van der Waals surface area contributed by atoms with Gasteiger partial charge in [-0.3, -0.25) is 4.79 Å². The summed E-state index contributed by atoms with van der Waals surface area (Å²) in [5.74, 6) is 0.600. The highest BCUT2D eigenvalue weighted by molar-refractivity contribution is 6.30. The van der Waals surface area contributed by atoms with Gasteiger partial charge in [-0.2, -0.15) is 0 Å². The van der Waals surface area contributed by atoms with Crippen LogP contribution < -0.4 is 0 Å². The lowest BCUT2D eigenvalue weighted by Crippen LogP contribution is -2.47. The average molecular weight is 505 g/mol. The van der Waals surface area contributed by atoms with E-state index in [0.29, 0.717) is 19.1 Å². The Morgan fingerprint density at radius 2 is 1.50 bits per heavy atom. The maximum absolute atomic E-state index is 11.8. The number of carbonyl (C=O) groups is 1. The van der Waals surface area contributed by atoms with Crippen molar-refractivity contribution >= 4 is 29.2 Å². The number of benzene rings is 2. The van der Waals surface area contributed by atoms with Crippen LogP contribution in [-0.4, -0.2) is 68.3 Å². The molecule has 0 unspecified atom stereocenters. The molecule has 5 nitrogen and oxygen atoms in total. The number of nitrogens with zero attached hydrogens (tertiary/aromatic N) is 2. The van der Waals surface area contributed by atoms with Crippen molar-refractivity contribution < 1.29 is 14.3 Å². The molecule has 2 atom stereocenters. The molecule has 184 valence electrons. The Labute approximate surface area is 212 Å². The van der Waals surface area contributed by atoms with E-state index in [1.165, 1.54) is 0 Å². The summed E-state index contributed by atoms with van der Waals surface area (Å²) >= 11 is 12.2. The van der Waals surface area contributed by atoms with Crippen molar-refractivity contribution in [3.05, 3.63) is 69.7 Å². The summed E-state index contributed by atoms with van der Waals surface area (Å²) in [7, 11) is 0. The molecule has 2 aromatic carbocycles. The SMILES string of the molecule is CCOC(=O)[C@H]1C[C@@H]1CN1CCN(CCCOC(c2ccc(Cl)cc2)c2ccc(Cl)cc2)CC1. The minimum atomic E-state index is -0.141. The standard InChI is InChI=1S/C27H34Cl2N2O3/c1-2-33-27(32)25-18-22(25)19-31-15-13-30(14-16-31)12-3-17-34-26(20-4-8-23(28)9-5-20)21-6-10-24(29)11-7-21/h4-11,22,25-26H,2-3,12-19H2,1H3/t22-,25+/m1/s1. The van der Waals surface area contributed by atoms with Gasteiger partial charge in [-0.1, -0.05) is 47.5 Å². The molecule has 2 fully saturated rings. The Morgan fingerprint density at radius 1 is 0.941 bits per heavy atom. The van der Waals surface area contributed by atoms with Gasteiger partial charge in [-0.15, -0.1) is 0 Å². The van der Waals surface area contributed by atoms with Crippen LogP contribution in [0.3, 0.4) is 0 Å². The summed E-state index contributed by atoms with van der Waals surface area (Å²) in [4.78, 5) is 16.8. The molecule has 1 heterocycles. The summed E-state index contributed by atoms with van der Waals surface area (Å²) in [5, 5.41) is 1.44. The Kier molecular flexibility index (Phi) is 9.26. The van der Waals surface area contributed by atoms with Crippen molar-refractivity contribution in [1.29, 1.82) is 0 Å². The summed E-state index contributed by atoms with van der Waals surface area (Å²) in [6.07, 6.45) is 1.82. The zero-order valence-electron chi connectivity index (χ0n) is 19.8. The normalized spacial score (nSPS) is 21.1. The quantitative estimate of drug-likeness (QED) is 0.306. The van der Waals surface area contributed by atoms with Crippen molar-refractivity contribution in [3.8, 4) is 0 Å². The zero-order chi connectivity index (χ0) is 23.9. The molecule has 2 aromatic rings. The van der Waals surface area contributed by atoms with Crippen molar-refractivity contribution in [2.75, 3.05) is 52.5 Å². The molecule has 1 saturated heterocycles. The van der Waals surface area contributed by atoms with Crippen LogP contribution >= 0.6 is 23.2 Å². The maximum atomic E-state index is 11.8. The van der Waals surface area contributed by atoms with E-state index in [9.17, 15) is 4.79 Å². The number of rotatable bonds is 11. The highest BCUT2D eigenvalue weighted by Gasteiger charge is 2.44. The van der Waals surface area contributed by atoms with Gasteiger partial charge in [-0.05, 0) is 61.1 Å². The Balaban J connectivity index is 1.19. The molecule has 2 aliphatic rings. The van der Waals surface area contributed by atoms with Gasteiger partial charge in [0.25, 0.3) is 0 Å². The van der Waals surface area contributed by atoms with E-state index in [1.54, 1.807) is 0 Å². The lowest BCUT2D eigenvalue weighted by Gasteiger charge is -2.34. The molecule has 1 aliphatic heterocycles. The highest BCUT2D eigenvalue weighted by atomic mass is 35.5. The number of esters is 1. The van der Waals surface area contributed by atoms with Crippen LogP contribution in [0.15, 0.2) is 48.5 Å². The molecule has 7 heteroatoms. The van der Waals surface area contributed by atoms with E-state index in [1.807, 2.05) is 55.5 Å². The molecule has 1 saturated carbocycles. The van der Waals surface area contributed by atoms with E-state index < -0.39 is 0 Å². The van der Waals surface area contributed by atoms with Gasteiger partial charge in [0.1, 0.15) is 6.10 Å². The Hall–Kier alpha value is -1.63. The second-order valence-electron chi connectivity index (χ2n) is 9.20. The van der Waals surface area contributed by atoms with E-state index in [4.69, 9.17) is 32.7 Å². The average Bonchev–Trinajstić information content (AvgIpc) is 3.61. The summed E-state index contributed by atoms with van der Waals surface area (Å²) in [6.45, 7) is 9.32. The van der Waals surface area contributed by atoms with Gasteiger partial charge in [-0.25, -0.2) is 0 Å². The number of carbonyl (C=O) groups excluding carboxylic acids is 1. The Bertz CT molecular complexity index is 869. The van der Waals surface area contributed by atoms with Crippen molar-refractivity contribution in [2.24, 2.45) is 11.8 Å². The molecule has 4 rings (SSSR count).